The number of hydrogen-bond acceptors (Lipinski definition) is 5. The molecule has 0 aliphatic carbocycles. The summed E-state index contributed by atoms with van der Waals surface area (Å²) in [5.41, 5.74) is 0. The van der Waals surface area contributed by atoms with Crippen molar-refractivity contribution in [1.82, 2.24) is 5.32 Å². The lowest BCUT2D eigenvalue weighted by molar-refractivity contribution is -0.870. The monoisotopic (exact) mass is 912 g/mol. The average Bonchev–Trinajstić information content (AvgIpc) is 3.24. The predicted molar refractivity (Wildman–Crippen MR) is 272 cm³/mol. The Morgan fingerprint density at radius 2 is 0.905 bits per heavy atom. The van der Waals surface area contributed by atoms with Gasteiger partial charge >= 0.3 is 7.82 Å². The fraction of sp³-hybridized carbons (Fsp3) is 0.907. The average molecular weight is 912 g/mol. The molecule has 3 N–H and O–H groups in total. The number of amides is 1. The zero-order chi connectivity index (χ0) is 46.4. The van der Waals surface area contributed by atoms with E-state index in [0.29, 0.717) is 23.9 Å². The van der Waals surface area contributed by atoms with E-state index < -0.39 is 20.0 Å². The molecule has 8 nitrogen and oxygen atoms in total. The molecule has 0 aliphatic heterocycles. The molecule has 0 heterocycles. The second-order valence-electron chi connectivity index (χ2n) is 20.0. The van der Waals surface area contributed by atoms with Gasteiger partial charge in [0, 0.05) is 6.42 Å². The Kier molecular flexibility index (Phi) is 45.4. The Morgan fingerprint density at radius 3 is 1.30 bits per heavy atom. The molecule has 9 heteroatoms. The lowest BCUT2D eigenvalue weighted by atomic mass is 10.0. The first-order chi connectivity index (χ1) is 30.5. The summed E-state index contributed by atoms with van der Waals surface area (Å²) >= 11 is 0. The zero-order valence-corrected chi connectivity index (χ0v) is 43.5. The van der Waals surface area contributed by atoms with Crippen molar-refractivity contribution in [3.8, 4) is 0 Å². The van der Waals surface area contributed by atoms with E-state index in [0.717, 1.165) is 44.9 Å². The van der Waals surface area contributed by atoms with Crippen LogP contribution in [0.15, 0.2) is 24.3 Å². The van der Waals surface area contributed by atoms with Gasteiger partial charge in [0.1, 0.15) is 13.2 Å². The minimum Gasteiger partial charge on any atom is -0.391 e. The maximum absolute atomic E-state index is 12.8. The molecule has 63 heavy (non-hydrogen) atoms. The number of unbranched alkanes of at least 4 members (excludes halogenated alkanes) is 33. The minimum atomic E-state index is -4.30. The van der Waals surface area contributed by atoms with Crippen LogP contribution in [0, 0.1) is 0 Å². The van der Waals surface area contributed by atoms with Crippen LogP contribution in [0.25, 0.3) is 0 Å². The van der Waals surface area contributed by atoms with Gasteiger partial charge < -0.3 is 19.8 Å². The summed E-state index contributed by atoms with van der Waals surface area (Å²) in [7, 11) is 1.62. The van der Waals surface area contributed by atoms with Crippen molar-refractivity contribution < 1.29 is 32.9 Å². The van der Waals surface area contributed by atoms with Gasteiger partial charge in [-0.1, -0.05) is 237 Å². The standard InChI is InChI=1S/C54H107N2O6P/c1-6-8-10-12-14-15-16-17-18-19-20-21-22-23-24-25-26-27-28-29-30-31-32-33-34-35-36-37-38-39-40-41-42-44-46-48-54(58)55-52(53(57)47-45-43-13-11-9-7-2)51-62-63(59,60)61-50-49-56(3,4)5/h16-17,19-20,52-53,57H,6-15,18,21-51H2,1-5H3,(H-,55,58,59,60)/p+1/b17-16-,20-19-. The SMILES string of the molecule is CCCCCCC/C=C\C/C=C\CCCCCCCCCCCCCCCCCCCCCCCCCC(=O)NC(COP(=O)(O)OCC[N+](C)(C)C)C(O)CCCCCCCC. The molecule has 3 unspecified atom stereocenters. The Balaban J connectivity index is 3.75. The lowest BCUT2D eigenvalue weighted by Gasteiger charge is -2.26. The number of phosphoric acid groups is 1. The fourth-order valence-corrected chi connectivity index (χ4v) is 8.87. The van der Waals surface area contributed by atoms with Crippen LogP contribution in [0.4, 0.5) is 0 Å². The van der Waals surface area contributed by atoms with E-state index in [2.05, 4.69) is 43.5 Å². The van der Waals surface area contributed by atoms with Gasteiger partial charge in [-0.15, -0.1) is 0 Å². The van der Waals surface area contributed by atoms with Gasteiger partial charge in [0.05, 0.1) is 39.9 Å². The summed E-state index contributed by atoms with van der Waals surface area (Å²) in [5.74, 6) is -0.146. The van der Waals surface area contributed by atoms with Crippen molar-refractivity contribution >= 4 is 13.7 Å². The van der Waals surface area contributed by atoms with Crippen molar-refractivity contribution in [2.24, 2.45) is 0 Å². The highest BCUT2D eigenvalue weighted by atomic mass is 31.2. The van der Waals surface area contributed by atoms with Gasteiger partial charge in [0.25, 0.3) is 0 Å². The molecule has 0 aromatic carbocycles. The Morgan fingerprint density at radius 1 is 0.540 bits per heavy atom. The largest absolute Gasteiger partial charge is 0.472 e. The van der Waals surface area contributed by atoms with E-state index in [1.54, 1.807) is 0 Å². The Hall–Kier alpha value is -1.02. The number of aliphatic hydroxyl groups is 1. The highest BCUT2D eigenvalue weighted by Crippen LogP contribution is 2.43. The van der Waals surface area contributed by atoms with E-state index >= 15 is 0 Å². The summed E-state index contributed by atoms with van der Waals surface area (Å²) in [5, 5.41) is 13.8. The van der Waals surface area contributed by atoms with Crippen molar-refractivity contribution in [2.75, 3.05) is 40.9 Å². The minimum absolute atomic E-state index is 0.0762. The van der Waals surface area contributed by atoms with Crippen LogP contribution in [-0.4, -0.2) is 73.4 Å². The Bertz CT molecular complexity index is 1080. The highest BCUT2D eigenvalue weighted by molar-refractivity contribution is 7.47. The van der Waals surface area contributed by atoms with Gasteiger partial charge in [-0.2, -0.15) is 0 Å². The predicted octanol–water partition coefficient (Wildman–Crippen LogP) is 16.0. The van der Waals surface area contributed by atoms with E-state index in [1.807, 2.05) is 21.1 Å². The molecular weight excluding hydrogens is 804 g/mol. The van der Waals surface area contributed by atoms with Crippen molar-refractivity contribution in [1.29, 1.82) is 0 Å². The van der Waals surface area contributed by atoms with Crippen LogP contribution < -0.4 is 5.32 Å². The van der Waals surface area contributed by atoms with Gasteiger partial charge in [0.2, 0.25) is 5.91 Å². The number of likely N-dealkylation sites (N-methyl/N-ethyl adjacent to an activating group) is 1. The number of quaternary nitrogens is 1. The van der Waals surface area contributed by atoms with E-state index in [-0.39, 0.29) is 19.1 Å². The van der Waals surface area contributed by atoms with Crippen LogP contribution in [0.2, 0.25) is 0 Å². The number of hydrogen-bond donors (Lipinski definition) is 3. The van der Waals surface area contributed by atoms with Gasteiger partial charge in [-0.05, 0) is 44.9 Å². The molecule has 1 amide bonds. The molecule has 0 saturated heterocycles. The normalized spacial score (nSPS) is 14.2. The maximum atomic E-state index is 12.8. The van der Waals surface area contributed by atoms with E-state index in [9.17, 15) is 19.4 Å². The molecule has 0 aliphatic rings. The first-order valence-corrected chi connectivity index (χ1v) is 28.7. The van der Waals surface area contributed by atoms with E-state index in [4.69, 9.17) is 9.05 Å². The van der Waals surface area contributed by atoms with E-state index in [1.165, 1.54) is 193 Å². The number of rotatable bonds is 50. The second kappa shape index (κ2) is 46.1. The molecular formula is C54H108N2O6P+. The van der Waals surface area contributed by atoms with Crippen LogP contribution in [0.3, 0.4) is 0 Å². The summed E-state index contributed by atoms with van der Waals surface area (Å²) in [6, 6.07) is -0.753. The number of carbonyl (C=O) groups excluding carboxylic acids is 1. The first-order valence-electron chi connectivity index (χ1n) is 27.2. The maximum Gasteiger partial charge on any atom is 0.472 e. The highest BCUT2D eigenvalue weighted by Gasteiger charge is 2.28. The fourth-order valence-electron chi connectivity index (χ4n) is 8.14. The van der Waals surface area contributed by atoms with Gasteiger partial charge in [0.15, 0.2) is 0 Å². The molecule has 0 spiro atoms. The van der Waals surface area contributed by atoms with Crippen LogP contribution in [-0.2, 0) is 18.4 Å². The third kappa shape index (κ3) is 48.7. The molecule has 0 saturated carbocycles. The van der Waals surface area contributed by atoms with Crippen molar-refractivity contribution in [3.05, 3.63) is 24.3 Å². The summed E-state index contributed by atoms with van der Waals surface area (Å²) in [4.78, 5) is 23.1. The van der Waals surface area contributed by atoms with Gasteiger partial charge in [-0.25, -0.2) is 4.57 Å². The topological polar surface area (TPSA) is 105 Å². The number of carbonyl (C=O) groups is 1. The quantitative estimate of drug-likeness (QED) is 0.0243. The third-order valence-corrected chi connectivity index (χ3v) is 13.4. The second-order valence-corrected chi connectivity index (χ2v) is 21.4. The molecule has 3 atom stereocenters. The molecule has 0 fully saturated rings. The molecule has 374 valence electrons. The molecule has 0 aromatic heterocycles. The number of phosphoric ester groups is 1. The zero-order valence-electron chi connectivity index (χ0n) is 42.6. The summed E-state index contributed by atoms with van der Waals surface area (Å²) < 4.78 is 23.5. The third-order valence-electron chi connectivity index (χ3n) is 12.5. The lowest BCUT2D eigenvalue weighted by Crippen LogP contribution is -2.46. The number of nitrogens with zero attached hydrogens (tertiary/aromatic N) is 1. The number of nitrogens with one attached hydrogen (secondary N) is 1. The Labute approximate surface area is 392 Å². The van der Waals surface area contributed by atoms with Gasteiger partial charge in [-0.3, -0.25) is 13.8 Å². The number of allylic oxidation sites excluding steroid dienone is 4. The van der Waals surface area contributed by atoms with Crippen molar-refractivity contribution in [3.63, 3.8) is 0 Å². The molecule has 0 bridgehead atoms. The summed E-state index contributed by atoms with van der Waals surface area (Å²) in [6.07, 6.45) is 57.2. The van der Waals surface area contributed by atoms with Crippen LogP contribution in [0.1, 0.15) is 264 Å². The van der Waals surface area contributed by atoms with Crippen molar-refractivity contribution in [2.45, 2.75) is 276 Å². The molecule has 0 aromatic rings. The molecule has 0 radical (unpaired) electrons. The first kappa shape index (κ1) is 62.0. The smallest absolute Gasteiger partial charge is 0.391 e. The molecule has 0 rings (SSSR count). The van der Waals surface area contributed by atoms with Crippen LogP contribution in [0.5, 0.6) is 0 Å². The van der Waals surface area contributed by atoms with Crippen LogP contribution >= 0.6 is 7.82 Å². The number of aliphatic hydroxyl groups excluding tert-OH is 1. The summed E-state index contributed by atoms with van der Waals surface area (Å²) in [6.45, 7) is 4.83.